The molecule has 3 atom stereocenters. The van der Waals surface area contributed by atoms with Crippen LogP contribution in [-0.4, -0.2) is 10.9 Å². The first-order valence-electron chi connectivity index (χ1n) is 8.51. The summed E-state index contributed by atoms with van der Waals surface area (Å²) in [6.07, 6.45) is 5.99. The number of benzene rings is 1. The number of hydrogen-bond acceptors (Lipinski definition) is 3. The minimum Gasteiger partial charge on any atom is -0.302 e. The smallest absolute Gasteiger partial charge is 0.226 e. The minimum atomic E-state index is 0.135. The van der Waals surface area contributed by atoms with Gasteiger partial charge in [-0.2, -0.15) is 0 Å². The quantitative estimate of drug-likeness (QED) is 0.869. The van der Waals surface area contributed by atoms with Crippen molar-refractivity contribution in [2.24, 2.45) is 17.8 Å². The fourth-order valence-electron chi connectivity index (χ4n) is 4.35. The van der Waals surface area contributed by atoms with E-state index >= 15 is 0 Å². The molecule has 2 bridgehead atoms. The van der Waals surface area contributed by atoms with E-state index in [1.807, 2.05) is 18.2 Å². The van der Waals surface area contributed by atoms with Gasteiger partial charge in [0.15, 0.2) is 5.13 Å². The summed E-state index contributed by atoms with van der Waals surface area (Å²) < 4.78 is 0. The number of thiazole rings is 1. The standard InChI is InChI=1S/C19H22N2OS/c1-12-18(14-5-3-2-4-6-14)21-19(23-12)20-17(22)11-16-10-13-7-8-15(16)9-13/h2-6,13,15-16H,7-11H2,1H3,(H,20,21,22). The van der Waals surface area contributed by atoms with Gasteiger partial charge in [0.1, 0.15) is 0 Å². The van der Waals surface area contributed by atoms with Gasteiger partial charge >= 0.3 is 0 Å². The molecule has 120 valence electrons. The number of aryl methyl sites for hydroxylation is 1. The molecule has 0 aliphatic heterocycles. The van der Waals surface area contributed by atoms with E-state index in [1.54, 1.807) is 11.3 Å². The second kappa shape index (κ2) is 6.08. The molecule has 2 fully saturated rings. The molecule has 2 saturated carbocycles. The Hall–Kier alpha value is -1.68. The Balaban J connectivity index is 1.42. The van der Waals surface area contributed by atoms with E-state index in [0.29, 0.717) is 12.3 Å². The van der Waals surface area contributed by atoms with Gasteiger partial charge in [-0.1, -0.05) is 36.8 Å². The van der Waals surface area contributed by atoms with Gasteiger partial charge in [0.25, 0.3) is 0 Å². The molecule has 1 amide bonds. The van der Waals surface area contributed by atoms with Crippen LogP contribution in [0.25, 0.3) is 11.3 Å². The first-order chi connectivity index (χ1) is 11.2. The molecule has 1 heterocycles. The molecule has 23 heavy (non-hydrogen) atoms. The van der Waals surface area contributed by atoms with Crippen LogP contribution in [0.2, 0.25) is 0 Å². The number of anilines is 1. The molecule has 4 rings (SSSR count). The van der Waals surface area contributed by atoms with Crippen LogP contribution >= 0.6 is 11.3 Å². The fourth-order valence-corrected chi connectivity index (χ4v) is 5.20. The summed E-state index contributed by atoms with van der Waals surface area (Å²) in [5, 5.41) is 3.76. The largest absolute Gasteiger partial charge is 0.302 e. The predicted octanol–water partition coefficient (Wildman–Crippen LogP) is 4.88. The maximum Gasteiger partial charge on any atom is 0.226 e. The summed E-state index contributed by atoms with van der Waals surface area (Å²) in [7, 11) is 0. The Labute approximate surface area is 141 Å². The van der Waals surface area contributed by atoms with Crippen LogP contribution in [0.5, 0.6) is 0 Å². The van der Waals surface area contributed by atoms with Crippen molar-refractivity contribution in [3.63, 3.8) is 0 Å². The van der Waals surface area contributed by atoms with Gasteiger partial charge in [-0.3, -0.25) is 4.79 Å². The highest BCUT2D eigenvalue weighted by molar-refractivity contribution is 7.16. The zero-order chi connectivity index (χ0) is 15.8. The number of nitrogens with zero attached hydrogens (tertiary/aromatic N) is 1. The molecule has 3 nitrogen and oxygen atoms in total. The average Bonchev–Trinajstić information content (AvgIpc) is 3.24. The fraction of sp³-hybridized carbons (Fsp3) is 0.474. The summed E-state index contributed by atoms with van der Waals surface area (Å²) in [6, 6.07) is 10.2. The van der Waals surface area contributed by atoms with Crippen molar-refractivity contribution in [1.29, 1.82) is 0 Å². The number of carbonyl (C=O) groups is 1. The Bertz CT molecular complexity index is 709. The van der Waals surface area contributed by atoms with Gasteiger partial charge in [-0.15, -0.1) is 11.3 Å². The van der Waals surface area contributed by atoms with Crippen LogP contribution in [0.1, 0.15) is 37.0 Å². The Morgan fingerprint density at radius 3 is 2.78 bits per heavy atom. The average molecular weight is 326 g/mol. The molecule has 1 aromatic heterocycles. The molecule has 0 radical (unpaired) electrons. The van der Waals surface area contributed by atoms with Gasteiger partial charge in [0.2, 0.25) is 5.91 Å². The molecule has 0 spiro atoms. The molecule has 0 saturated heterocycles. The van der Waals surface area contributed by atoms with Crippen LogP contribution < -0.4 is 5.32 Å². The Kier molecular flexibility index (Phi) is 3.93. The zero-order valence-corrected chi connectivity index (χ0v) is 14.2. The second-order valence-corrected chi connectivity index (χ2v) is 8.18. The van der Waals surface area contributed by atoms with Crippen LogP contribution in [-0.2, 0) is 4.79 Å². The molecule has 2 aromatic rings. The van der Waals surface area contributed by atoms with Gasteiger partial charge < -0.3 is 5.32 Å². The molecular weight excluding hydrogens is 304 g/mol. The molecule has 1 aromatic carbocycles. The van der Waals surface area contributed by atoms with Gasteiger partial charge in [0, 0.05) is 16.9 Å². The molecule has 2 aliphatic rings. The van der Waals surface area contributed by atoms with E-state index in [2.05, 4.69) is 29.4 Å². The van der Waals surface area contributed by atoms with Crippen LogP contribution in [0.3, 0.4) is 0 Å². The Morgan fingerprint density at radius 2 is 2.09 bits per heavy atom. The van der Waals surface area contributed by atoms with Gasteiger partial charge in [0.05, 0.1) is 5.69 Å². The number of carbonyl (C=O) groups excluding carboxylic acids is 1. The highest BCUT2D eigenvalue weighted by Gasteiger charge is 2.40. The third-order valence-electron chi connectivity index (χ3n) is 5.42. The molecule has 4 heteroatoms. The minimum absolute atomic E-state index is 0.135. The van der Waals surface area contributed by atoms with Crippen molar-refractivity contribution < 1.29 is 4.79 Å². The van der Waals surface area contributed by atoms with Crippen molar-refractivity contribution >= 4 is 22.4 Å². The summed E-state index contributed by atoms with van der Waals surface area (Å²) in [5.74, 6) is 2.42. The number of nitrogens with one attached hydrogen (secondary N) is 1. The van der Waals surface area contributed by atoms with E-state index < -0.39 is 0 Å². The first kappa shape index (κ1) is 14.9. The number of fused-ring (bicyclic) bond motifs is 2. The van der Waals surface area contributed by atoms with Crippen LogP contribution in [0, 0.1) is 24.7 Å². The topological polar surface area (TPSA) is 42.0 Å². The van der Waals surface area contributed by atoms with E-state index in [1.165, 1.54) is 25.7 Å². The number of hydrogen-bond donors (Lipinski definition) is 1. The lowest BCUT2D eigenvalue weighted by Crippen LogP contribution is -2.20. The van der Waals surface area contributed by atoms with Crippen molar-refractivity contribution in [2.75, 3.05) is 5.32 Å². The van der Waals surface area contributed by atoms with Gasteiger partial charge in [-0.05, 0) is 43.9 Å². The first-order valence-corrected chi connectivity index (χ1v) is 9.33. The monoisotopic (exact) mass is 326 g/mol. The molecule has 1 N–H and O–H groups in total. The van der Waals surface area contributed by atoms with Crippen LogP contribution in [0.4, 0.5) is 5.13 Å². The molecular formula is C19H22N2OS. The summed E-state index contributed by atoms with van der Waals surface area (Å²) in [5.41, 5.74) is 2.08. The summed E-state index contributed by atoms with van der Waals surface area (Å²) >= 11 is 1.57. The van der Waals surface area contributed by atoms with Gasteiger partial charge in [-0.25, -0.2) is 4.98 Å². The SMILES string of the molecule is Cc1sc(NC(=O)CC2CC3CCC2C3)nc1-c1ccccc1. The van der Waals surface area contributed by atoms with Crippen molar-refractivity contribution in [3.05, 3.63) is 35.2 Å². The van der Waals surface area contributed by atoms with E-state index in [4.69, 9.17) is 0 Å². The van der Waals surface area contributed by atoms with Crippen molar-refractivity contribution in [1.82, 2.24) is 4.98 Å². The van der Waals surface area contributed by atoms with Crippen molar-refractivity contribution in [2.45, 2.75) is 39.0 Å². The van der Waals surface area contributed by atoms with E-state index in [0.717, 1.165) is 33.1 Å². The predicted molar refractivity (Wildman–Crippen MR) is 94.5 cm³/mol. The van der Waals surface area contributed by atoms with Crippen molar-refractivity contribution in [3.8, 4) is 11.3 Å². The molecule has 3 unspecified atom stereocenters. The van der Waals surface area contributed by atoms with E-state index in [-0.39, 0.29) is 5.91 Å². The van der Waals surface area contributed by atoms with Crippen LogP contribution in [0.15, 0.2) is 30.3 Å². The zero-order valence-electron chi connectivity index (χ0n) is 13.4. The third-order valence-corrected chi connectivity index (χ3v) is 6.31. The third kappa shape index (κ3) is 3.05. The lowest BCUT2D eigenvalue weighted by Gasteiger charge is -2.20. The highest BCUT2D eigenvalue weighted by atomic mass is 32.1. The maximum atomic E-state index is 12.4. The maximum absolute atomic E-state index is 12.4. The van der Waals surface area contributed by atoms with E-state index in [9.17, 15) is 4.79 Å². The summed E-state index contributed by atoms with van der Waals surface area (Å²) in [6.45, 7) is 2.06. The lowest BCUT2D eigenvalue weighted by atomic mass is 9.86. The Morgan fingerprint density at radius 1 is 1.26 bits per heavy atom. The normalized spacial score (nSPS) is 25.7. The number of rotatable bonds is 4. The number of amides is 1. The highest BCUT2D eigenvalue weighted by Crippen LogP contribution is 2.49. The lowest BCUT2D eigenvalue weighted by molar-refractivity contribution is -0.117. The second-order valence-electron chi connectivity index (χ2n) is 6.98. The molecule has 2 aliphatic carbocycles. The number of aromatic nitrogens is 1. The summed E-state index contributed by atoms with van der Waals surface area (Å²) in [4.78, 5) is 18.1.